The van der Waals surface area contributed by atoms with Gasteiger partial charge in [-0.05, 0) is 20.8 Å². The molecule has 100 valence electrons. The van der Waals surface area contributed by atoms with Gasteiger partial charge in [0, 0.05) is 31.0 Å². The van der Waals surface area contributed by atoms with E-state index < -0.39 is 0 Å². The predicted molar refractivity (Wildman–Crippen MR) is 69.5 cm³/mol. The van der Waals surface area contributed by atoms with Gasteiger partial charge in [-0.25, -0.2) is 9.99 Å². The maximum Gasteiger partial charge on any atom is 0.295 e. The third-order valence-corrected chi connectivity index (χ3v) is 2.84. The summed E-state index contributed by atoms with van der Waals surface area (Å²) in [5.74, 6) is 0.370. The van der Waals surface area contributed by atoms with Gasteiger partial charge in [-0.1, -0.05) is 0 Å². The molecule has 0 atom stereocenters. The highest BCUT2D eigenvalue weighted by atomic mass is 16.5. The fourth-order valence-corrected chi connectivity index (χ4v) is 1.84. The summed E-state index contributed by atoms with van der Waals surface area (Å²) in [7, 11) is 0. The lowest BCUT2D eigenvalue weighted by Gasteiger charge is -2.28. The normalized spacial score (nSPS) is 17.7. The summed E-state index contributed by atoms with van der Waals surface area (Å²) in [6.07, 6.45) is 3.36. The van der Waals surface area contributed by atoms with Crippen molar-refractivity contribution in [2.45, 2.75) is 26.3 Å². The molecule has 18 heavy (non-hydrogen) atoms. The highest BCUT2D eigenvalue weighted by Gasteiger charge is 2.18. The first-order valence-corrected chi connectivity index (χ1v) is 6.16. The van der Waals surface area contributed by atoms with Crippen LogP contribution in [0.25, 0.3) is 0 Å². The molecule has 1 aromatic rings. The summed E-state index contributed by atoms with van der Waals surface area (Å²) in [4.78, 5) is 16.4. The van der Waals surface area contributed by atoms with Gasteiger partial charge in [-0.3, -0.25) is 10.2 Å². The Bertz CT molecular complexity index is 458. The molecule has 0 amide bonds. The van der Waals surface area contributed by atoms with Crippen molar-refractivity contribution in [3.05, 3.63) is 22.7 Å². The predicted octanol–water partition coefficient (Wildman–Crippen LogP) is 0.657. The average molecular weight is 252 g/mol. The molecular weight excluding hydrogens is 232 g/mol. The number of morpholine rings is 1. The van der Waals surface area contributed by atoms with E-state index in [1.165, 1.54) is 0 Å². The minimum Gasteiger partial charge on any atom is -0.379 e. The van der Waals surface area contributed by atoms with Crippen molar-refractivity contribution < 1.29 is 4.74 Å². The molecule has 0 bridgehead atoms. The van der Waals surface area contributed by atoms with Crippen molar-refractivity contribution in [1.82, 2.24) is 14.6 Å². The van der Waals surface area contributed by atoms with Gasteiger partial charge in [0.2, 0.25) is 5.82 Å². The molecule has 0 radical (unpaired) electrons. The van der Waals surface area contributed by atoms with E-state index in [9.17, 15) is 4.79 Å². The first kappa shape index (κ1) is 13.0. The Morgan fingerprint density at radius 1 is 1.33 bits per heavy atom. The number of hydrogen-bond donors (Lipinski definition) is 1. The number of nitrogens with zero attached hydrogens (tertiary/aromatic N) is 3. The first-order valence-electron chi connectivity index (χ1n) is 6.16. The van der Waals surface area contributed by atoms with Crippen LogP contribution in [0.1, 0.15) is 20.8 Å². The molecule has 6 heteroatoms. The zero-order valence-corrected chi connectivity index (χ0v) is 11.1. The molecule has 1 saturated heterocycles. The monoisotopic (exact) mass is 252 g/mol. The SMILES string of the molecule is CC(C)(C)n1ccnc(NN2CCOCC2)c1=O. The zero-order valence-electron chi connectivity index (χ0n) is 11.1. The lowest BCUT2D eigenvalue weighted by atomic mass is 10.1. The maximum atomic E-state index is 12.3. The van der Waals surface area contributed by atoms with E-state index in [-0.39, 0.29) is 11.1 Å². The summed E-state index contributed by atoms with van der Waals surface area (Å²) >= 11 is 0. The molecule has 1 aliphatic rings. The van der Waals surface area contributed by atoms with E-state index in [0.29, 0.717) is 19.0 Å². The first-order chi connectivity index (χ1) is 8.48. The van der Waals surface area contributed by atoms with Gasteiger partial charge in [0.25, 0.3) is 5.56 Å². The molecule has 0 aromatic carbocycles. The van der Waals surface area contributed by atoms with Crippen molar-refractivity contribution in [2.75, 3.05) is 31.7 Å². The second kappa shape index (κ2) is 5.07. The number of hydrogen-bond acceptors (Lipinski definition) is 5. The smallest absolute Gasteiger partial charge is 0.295 e. The summed E-state index contributed by atoms with van der Waals surface area (Å²) in [5, 5.41) is 1.96. The van der Waals surface area contributed by atoms with Gasteiger partial charge < -0.3 is 9.30 Å². The standard InChI is InChI=1S/C12H20N4O2/c1-12(2,3)16-5-4-13-10(11(16)17)14-15-6-8-18-9-7-15/h4-5H,6-9H2,1-3H3,(H,13,14). The van der Waals surface area contributed by atoms with Crippen LogP contribution < -0.4 is 11.0 Å². The van der Waals surface area contributed by atoms with Crippen LogP contribution in [0.15, 0.2) is 17.2 Å². The minimum absolute atomic E-state index is 0.100. The molecule has 2 rings (SSSR count). The Balaban J connectivity index is 2.21. The Kier molecular flexibility index (Phi) is 3.68. The van der Waals surface area contributed by atoms with Crippen LogP contribution in [0.4, 0.5) is 5.82 Å². The van der Waals surface area contributed by atoms with E-state index in [1.807, 2.05) is 25.8 Å². The number of hydrazine groups is 1. The molecule has 6 nitrogen and oxygen atoms in total. The van der Waals surface area contributed by atoms with Crippen molar-refractivity contribution in [2.24, 2.45) is 0 Å². The van der Waals surface area contributed by atoms with Crippen LogP contribution in [0, 0.1) is 0 Å². The molecular formula is C12H20N4O2. The quantitative estimate of drug-likeness (QED) is 0.838. The third-order valence-electron chi connectivity index (χ3n) is 2.84. The number of rotatable bonds is 2. The van der Waals surface area contributed by atoms with Crippen molar-refractivity contribution in [1.29, 1.82) is 0 Å². The van der Waals surface area contributed by atoms with Gasteiger partial charge in [0.1, 0.15) is 0 Å². The average Bonchev–Trinajstić information content (AvgIpc) is 2.32. The Labute approximate surface area is 107 Å². The number of anilines is 1. The highest BCUT2D eigenvalue weighted by molar-refractivity contribution is 5.29. The number of aromatic nitrogens is 2. The summed E-state index contributed by atoms with van der Waals surface area (Å²) in [6.45, 7) is 8.84. The second-order valence-corrected chi connectivity index (χ2v) is 5.33. The van der Waals surface area contributed by atoms with E-state index in [1.54, 1.807) is 17.0 Å². The summed E-state index contributed by atoms with van der Waals surface area (Å²) in [5.41, 5.74) is 2.72. The number of nitrogens with one attached hydrogen (secondary N) is 1. The molecule has 2 heterocycles. The van der Waals surface area contributed by atoms with E-state index in [4.69, 9.17) is 4.74 Å². The maximum absolute atomic E-state index is 12.3. The second-order valence-electron chi connectivity index (χ2n) is 5.33. The zero-order chi connectivity index (χ0) is 13.2. The fourth-order valence-electron chi connectivity index (χ4n) is 1.84. The summed E-state index contributed by atoms with van der Waals surface area (Å²) < 4.78 is 6.94. The lowest BCUT2D eigenvalue weighted by Crippen LogP contribution is -2.43. The van der Waals surface area contributed by atoms with Gasteiger partial charge >= 0.3 is 0 Å². The largest absolute Gasteiger partial charge is 0.379 e. The molecule has 1 N–H and O–H groups in total. The summed E-state index contributed by atoms with van der Waals surface area (Å²) in [6, 6.07) is 0. The van der Waals surface area contributed by atoms with E-state index >= 15 is 0 Å². The Morgan fingerprint density at radius 3 is 2.61 bits per heavy atom. The number of ether oxygens (including phenoxy) is 1. The van der Waals surface area contributed by atoms with E-state index in [0.717, 1.165) is 13.1 Å². The Hall–Kier alpha value is -1.40. The molecule has 0 unspecified atom stereocenters. The van der Waals surface area contributed by atoms with Crippen LogP contribution in [0.2, 0.25) is 0 Å². The molecule has 0 aliphatic carbocycles. The lowest BCUT2D eigenvalue weighted by molar-refractivity contribution is 0.0493. The third kappa shape index (κ3) is 2.88. The van der Waals surface area contributed by atoms with Crippen LogP contribution in [0.3, 0.4) is 0 Å². The molecule has 1 aromatic heterocycles. The minimum atomic E-state index is -0.249. The molecule has 1 aliphatic heterocycles. The topological polar surface area (TPSA) is 59.4 Å². The van der Waals surface area contributed by atoms with Crippen molar-refractivity contribution >= 4 is 5.82 Å². The molecule has 0 spiro atoms. The van der Waals surface area contributed by atoms with Crippen LogP contribution in [-0.4, -0.2) is 40.9 Å². The van der Waals surface area contributed by atoms with Gasteiger partial charge in [0.15, 0.2) is 0 Å². The van der Waals surface area contributed by atoms with Crippen molar-refractivity contribution in [3.63, 3.8) is 0 Å². The molecule has 1 fully saturated rings. The van der Waals surface area contributed by atoms with Crippen LogP contribution in [-0.2, 0) is 10.3 Å². The van der Waals surface area contributed by atoms with Gasteiger partial charge in [-0.15, -0.1) is 0 Å². The van der Waals surface area contributed by atoms with E-state index in [2.05, 4.69) is 10.4 Å². The van der Waals surface area contributed by atoms with Gasteiger partial charge in [-0.2, -0.15) is 0 Å². The van der Waals surface area contributed by atoms with Gasteiger partial charge in [0.05, 0.1) is 13.2 Å². The van der Waals surface area contributed by atoms with Crippen LogP contribution >= 0.6 is 0 Å². The Morgan fingerprint density at radius 2 is 2.00 bits per heavy atom. The van der Waals surface area contributed by atoms with Crippen LogP contribution in [0.5, 0.6) is 0 Å². The fraction of sp³-hybridized carbons (Fsp3) is 0.667. The van der Waals surface area contributed by atoms with Crippen molar-refractivity contribution in [3.8, 4) is 0 Å². The molecule has 0 saturated carbocycles. The highest BCUT2D eigenvalue weighted by Crippen LogP contribution is 2.11.